The zero-order chi connectivity index (χ0) is 38.9. The third-order valence-electron chi connectivity index (χ3n) is 12.1. The van der Waals surface area contributed by atoms with E-state index in [-0.39, 0.29) is 0 Å². The van der Waals surface area contributed by atoms with Crippen LogP contribution in [0.25, 0.3) is 89.7 Å². The summed E-state index contributed by atoms with van der Waals surface area (Å²) >= 11 is 0. The summed E-state index contributed by atoms with van der Waals surface area (Å²) in [5, 5.41) is 2.39. The lowest BCUT2D eigenvalue weighted by Gasteiger charge is -2.31. The molecule has 4 nitrogen and oxygen atoms in total. The number of benzene rings is 8. The number of nitrogens with zero attached hydrogens (tertiary/aromatic N) is 4. The standard InChI is InChI=1S/C55H34N4/c1-4-17-36(18-5-1)50-42-24-11-10-23-41(42)49-51(56-50)44-26-13-15-29-46(44)55(49)45-28-14-12-25-43(45)48-40(27-16-30-47(48)55)35-31-33-39(34-32-35)54-58-52(37-19-6-2-7-20-37)57-53(59-54)38-21-8-3-9-22-38/h1-34H. The fraction of sp³-hybridized carbons (Fsp3) is 0.0182. The van der Waals surface area contributed by atoms with Crippen molar-refractivity contribution < 1.29 is 0 Å². The minimum Gasteiger partial charge on any atom is -0.247 e. The third kappa shape index (κ3) is 4.96. The van der Waals surface area contributed by atoms with Gasteiger partial charge in [-0.2, -0.15) is 0 Å². The monoisotopic (exact) mass is 750 g/mol. The Morgan fingerprint density at radius 3 is 1.34 bits per heavy atom. The molecule has 2 heterocycles. The van der Waals surface area contributed by atoms with Gasteiger partial charge in [0.25, 0.3) is 0 Å². The first-order chi connectivity index (χ1) is 29.3. The van der Waals surface area contributed by atoms with E-state index in [1.165, 1.54) is 49.9 Å². The fourth-order valence-corrected chi connectivity index (χ4v) is 9.67. The van der Waals surface area contributed by atoms with Gasteiger partial charge >= 0.3 is 0 Å². The van der Waals surface area contributed by atoms with Crippen LogP contribution in [0.1, 0.15) is 22.3 Å². The van der Waals surface area contributed by atoms with Gasteiger partial charge in [0.2, 0.25) is 0 Å². The van der Waals surface area contributed by atoms with Gasteiger partial charge in [-0.1, -0.05) is 206 Å². The topological polar surface area (TPSA) is 51.6 Å². The number of fused-ring (bicyclic) bond motifs is 12. The lowest BCUT2D eigenvalue weighted by Crippen LogP contribution is -2.26. The molecule has 1 unspecified atom stereocenters. The predicted molar refractivity (Wildman–Crippen MR) is 239 cm³/mol. The Labute approximate surface area is 342 Å². The fourth-order valence-electron chi connectivity index (χ4n) is 9.67. The SMILES string of the molecule is c1ccc(-c2nc(-c3ccccc3)nc(-c3ccc(-c4cccc5c4-c4ccccc4C54c5ccccc5-c5nc(-c6ccccc6)c6ccccc6c54)cc3)n2)cc1. The first-order valence-electron chi connectivity index (χ1n) is 20.1. The molecule has 0 amide bonds. The second kappa shape index (κ2) is 13.1. The number of pyridine rings is 1. The Bertz CT molecular complexity index is 3190. The maximum Gasteiger partial charge on any atom is 0.164 e. The predicted octanol–water partition coefficient (Wildman–Crippen LogP) is 13.1. The molecule has 1 atom stereocenters. The first-order valence-corrected chi connectivity index (χ1v) is 20.1. The van der Waals surface area contributed by atoms with Crippen LogP contribution >= 0.6 is 0 Å². The number of rotatable bonds is 5. The van der Waals surface area contributed by atoms with Gasteiger partial charge in [-0.05, 0) is 44.3 Å². The van der Waals surface area contributed by atoms with Crippen LogP contribution < -0.4 is 0 Å². The minimum absolute atomic E-state index is 0.553. The number of hydrogen-bond acceptors (Lipinski definition) is 4. The van der Waals surface area contributed by atoms with E-state index in [0.29, 0.717) is 17.5 Å². The van der Waals surface area contributed by atoms with Crippen LogP contribution in [0.15, 0.2) is 206 Å². The van der Waals surface area contributed by atoms with E-state index in [4.69, 9.17) is 19.9 Å². The van der Waals surface area contributed by atoms with Crippen molar-refractivity contribution in [2.45, 2.75) is 5.41 Å². The highest BCUT2D eigenvalue weighted by Crippen LogP contribution is 2.65. The lowest BCUT2D eigenvalue weighted by molar-refractivity contribution is 0.800. The highest BCUT2D eigenvalue weighted by atomic mass is 15.0. The van der Waals surface area contributed by atoms with Crippen LogP contribution in [0, 0.1) is 0 Å². The van der Waals surface area contributed by atoms with Gasteiger partial charge in [0.1, 0.15) is 0 Å². The zero-order valence-electron chi connectivity index (χ0n) is 31.9. The van der Waals surface area contributed by atoms with Crippen LogP contribution in [-0.2, 0) is 5.41 Å². The van der Waals surface area contributed by atoms with E-state index >= 15 is 0 Å². The Morgan fingerprint density at radius 2 is 0.712 bits per heavy atom. The molecule has 274 valence electrons. The summed E-state index contributed by atoms with van der Waals surface area (Å²) in [6, 6.07) is 73.2. The Balaban J connectivity index is 1.05. The molecule has 2 aliphatic rings. The van der Waals surface area contributed by atoms with Crippen molar-refractivity contribution >= 4 is 10.8 Å². The molecule has 0 saturated heterocycles. The van der Waals surface area contributed by atoms with Gasteiger partial charge in [0.05, 0.1) is 16.8 Å². The van der Waals surface area contributed by atoms with Crippen molar-refractivity contribution in [3.8, 4) is 78.9 Å². The molecule has 59 heavy (non-hydrogen) atoms. The van der Waals surface area contributed by atoms with Crippen LogP contribution in [0.5, 0.6) is 0 Å². The van der Waals surface area contributed by atoms with Gasteiger partial charge in [0.15, 0.2) is 17.5 Å². The Morgan fingerprint density at radius 1 is 0.271 bits per heavy atom. The zero-order valence-corrected chi connectivity index (χ0v) is 31.9. The van der Waals surface area contributed by atoms with Crippen molar-refractivity contribution in [3.63, 3.8) is 0 Å². The molecule has 0 radical (unpaired) electrons. The molecular weight excluding hydrogens is 717 g/mol. The lowest BCUT2D eigenvalue weighted by atomic mass is 9.69. The van der Waals surface area contributed by atoms with Gasteiger partial charge in [-0.15, -0.1) is 0 Å². The van der Waals surface area contributed by atoms with Crippen LogP contribution in [0.2, 0.25) is 0 Å². The minimum atomic E-state index is -0.553. The molecule has 8 aromatic carbocycles. The molecule has 0 bridgehead atoms. The normalized spacial score (nSPS) is 14.5. The maximum atomic E-state index is 5.61. The average Bonchev–Trinajstić information content (AvgIpc) is 3.79. The first kappa shape index (κ1) is 33.3. The van der Waals surface area contributed by atoms with Crippen LogP contribution in [0.4, 0.5) is 0 Å². The molecule has 1 spiro atoms. The molecular formula is C55H34N4. The second-order valence-corrected chi connectivity index (χ2v) is 15.3. The van der Waals surface area contributed by atoms with E-state index in [9.17, 15) is 0 Å². The van der Waals surface area contributed by atoms with Crippen molar-refractivity contribution in [3.05, 3.63) is 229 Å². The molecule has 12 rings (SSSR count). The smallest absolute Gasteiger partial charge is 0.164 e. The van der Waals surface area contributed by atoms with Crippen molar-refractivity contribution in [1.29, 1.82) is 0 Å². The summed E-state index contributed by atoms with van der Waals surface area (Å²) in [6.45, 7) is 0. The van der Waals surface area contributed by atoms with E-state index in [2.05, 4.69) is 146 Å². The van der Waals surface area contributed by atoms with Gasteiger partial charge in [0, 0.05) is 38.8 Å². The van der Waals surface area contributed by atoms with E-state index in [1.54, 1.807) is 0 Å². The molecule has 10 aromatic rings. The average molecular weight is 751 g/mol. The van der Waals surface area contributed by atoms with Crippen LogP contribution in [0.3, 0.4) is 0 Å². The number of aromatic nitrogens is 4. The van der Waals surface area contributed by atoms with Crippen molar-refractivity contribution in [2.75, 3.05) is 0 Å². The Kier molecular flexibility index (Phi) is 7.41. The Hall–Kier alpha value is -7.82. The van der Waals surface area contributed by atoms with Gasteiger partial charge < -0.3 is 0 Å². The highest BCUT2D eigenvalue weighted by Gasteiger charge is 2.53. The summed E-state index contributed by atoms with van der Waals surface area (Å²) in [5.74, 6) is 1.94. The molecule has 0 aliphatic heterocycles. The summed E-state index contributed by atoms with van der Waals surface area (Å²) in [5.41, 5.74) is 16.6. The molecule has 0 fully saturated rings. The summed E-state index contributed by atoms with van der Waals surface area (Å²) < 4.78 is 0. The molecule has 2 aliphatic carbocycles. The van der Waals surface area contributed by atoms with Gasteiger partial charge in [-0.3, -0.25) is 0 Å². The molecule has 2 aromatic heterocycles. The molecule has 4 heteroatoms. The third-order valence-corrected chi connectivity index (χ3v) is 12.1. The summed E-state index contributed by atoms with van der Waals surface area (Å²) in [7, 11) is 0. The number of hydrogen-bond donors (Lipinski definition) is 0. The quantitative estimate of drug-likeness (QED) is 0.176. The van der Waals surface area contributed by atoms with E-state index in [1.807, 2.05) is 60.7 Å². The van der Waals surface area contributed by atoms with Gasteiger partial charge in [-0.25, -0.2) is 19.9 Å². The molecule has 0 N–H and O–H groups in total. The van der Waals surface area contributed by atoms with E-state index < -0.39 is 5.41 Å². The summed E-state index contributed by atoms with van der Waals surface area (Å²) in [4.78, 5) is 20.5. The highest BCUT2D eigenvalue weighted by molar-refractivity contribution is 6.08. The maximum absolute atomic E-state index is 5.61. The largest absolute Gasteiger partial charge is 0.247 e. The van der Waals surface area contributed by atoms with E-state index in [0.717, 1.165) is 44.6 Å². The van der Waals surface area contributed by atoms with Crippen molar-refractivity contribution in [2.24, 2.45) is 0 Å². The van der Waals surface area contributed by atoms with Crippen LogP contribution in [-0.4, -0.2) is 19.9 Å². The molecule has 0 saturated carbocycles. The second-order valence-electron chi connectivity index (χ2n) is 15.3. The van der Waals surface area contributed by atoms with Crippen molar-refractivity contribution in [1.82, 2.24) is 19.9 Å². The summed E-state index contributed by atoms with van der Waals surface area (Å²) in [6.07, 6.45) is 0.